The molecule has 3 saturated carbocycles. The second-order valence-electron chi connectivity index (χ2n) is 7.29. The van der Waals surface area contributed by atoms with Crippen LogP contribution in [0.15, 0.2) is 0 Å². The summed E-state index contributed by atoms with van der Waals surface area (Å²) in [7, 11) is 0. The van der Waals surface area contributed by atoms with Crippen LogP contribution in [0.25, 0.3) is 0 Å². The zero-order chi connectivity index (χ0) is 13.3. The predicted molar refractivity (Wildman–Crippen MR) is 76.6 cm³/mol. The van der Waals surface area contributed by atoms with Gasteiger partial charge < -0.3 is 10.6 Å². The van der Waals surface area contributed by atoms with E-state index in [1.165, 1.54) is 44.9 Å². The molecular weight excluding hydrogens is 236 g/mol. The molecule has 0 aliphatic heterocycles. The number of carbonyl (C=O) groups is 1. The Morgan fingerprint density at radius 3 is 2.00 bits per heavy atom. The van der Waals surface area contributed by atoms with Crippen LogP contribution in [0.3, 0.4) is 0 Å². The lowest BCUT2D eigenvalue weighted by molar-refractivity contribution is -0.133. The summed E-state index contributed by atoms with van der Waals surface area (Å²) in [6, 6.07) is 0. The summed E-state index contributed by atoms with van der Waals surface area (Å²) >= 11 is 0. The molecule has 19 heavy (non-hydrogen) atoms. The van der Waals surface area contributed by atoms with Gasteiger partial charge in [0.15, 0.2) is 0 Å². The van der Waals surface area contributed by atoms with Gasteiger partial charge in [0.2, 0.25) is 5.91 Å². The SMILES string of the molecule is NC1(CC(=O)N(CC2CC2)CC2CC2)CCCCC1. The average molecular weight is 264 g/mol. The smallest absolute Gasteiger partial charge is 0.224 e. The monoisotopic (exact) mass is 264 g/mol. The molecule has 3 rings (SSSR count). The molecule has 0 spiro atoms. The molecule has 0 radical (unpaired) electrons. The lowest BCUT2D eigenvalue weighted by atomic mass is 9.80. The van der Waals surface area contributed by atoms with E-state index in [0.29, 0.717) is 12.3 Å². The minimum absolute atomic E-state index is 0.194. The van der Waals surface area contributed by atoms with Crippen molar-refractivity contribution < 1.29 is 4.79 Å². The Bertz CT molecular complexity index is 314. The number of rotatable bonds is 6. The Morgan fingerprint density at radius 2 is 1.53 bits per heavy atom. The summed E-state index contributed by atoms with van der Waals surface area (Å²) in [6.07, 6.45) is 11.7. The van der Waals surface area contributed by atoms with Crippen molar-refractivity contribution in [3.05, 3.63) is 0 Å². The van der Waals surface area contributed by atoms with Crippen LogP contribution in [0.2, 0.25) is 0 Å². The van der Waals surface area contributed by atoms with Crippen LogP contribution in [0, 0.1) is 11.8 Å². The normalized spacial score (nSPS) is 26.2. The fourth-order valence-corrected chi connectivity index (χ4v) is 3.35. The third kappa shape index (κ3) is 3.95. The van der Waals surface area contributed by atoms with E-state index in [1.54, 1.807) is 0 Å². The van der Waals surface area contributed by atoms with Gasteiger partial charge in [-0.05, 0) is 50.4 Å². The van der Waals surface area contributed by atoms with Gasteiger partial charge in [-0.1, -0.05) is 19.3 Å². The van der Waals surface area contributed by atoms with E-state index in [4.69, 9.17) is 5.73 Å². The van der Waals surface area contributed by atoms with Gasteiger partial charge in [0.05, 0.1) is 0 Å². The first-order valence-electron chi connectivity index (χ1n) is 8.21. The maximum Gasteiger partial charge on any atom is 0.224 e. The first kappa shape index (κ1) is 13.4. The molecule has 0 bridgehead atoms. The highest BCUT2D eigenvalue weighted by atomic mass is 16.2. The van der Waals surface area contributed by atoms with Gasteiger partial charge in [-0.25, -0.2) is 0 Å². The summed E-state index contributed by atoms with van der Waals surface area (Å²) < 4.78 is 0. The molecule has 0 heterocycles. The first-order chi connectivity index (χ1) is 9.15. The second-order valence-corrected chi connectivity index (χ2v) is 7.29. The number of nitrogens with zero attached hydrogens (tertiary/aromatic N) is 1. The zero-order valence-electron chi connectivity index (χ0n) is 12.1. The first-order valence-corrected chi connectivity index (χ1v) is 8.21. The van der Waals surface area contributed by atoms with Gasteiger partial charge in [0, 0.05) is 25.0 Å². The predicted octanol–water partition coefficient (Wildman–Crippen LogP) is 2.69. The summed E-state index contributed by atoms with van der Waals surface area (Å²) in [4.78, 5) is 14.7. The van der Waals surface area contributed by atoms with Crippen molar-refractivity contribution in [1.29, 1.82) is 0 Å². The van der Waals surface area contributed by atoms with Crippen molar-refractivity contribution in [1.82, 2.24) is 4.90 Å². The molecule has 1 amide bonds. The van der Waals surface area contributed by atoms with E-state index in [-0.39, 0.29) is 5.54 Å². The van der Waals surface area contributed by atoms with E-state index in [2.05, 4.69) is 4.90 Å². The molecule has 0 saturated heterocycles. The summed E-state index contributed by atoms with van der Waals surface area (Å²) in [5.74, 6) is 1.92. The highest BCUT2D eigenvalue weighted by molar-refractivity contribution is 5.77. The summed E-state index contributed by atoms with van der Waals surface area (Å²) in [5.41, 5.74) is 6.25. The Balaban J connectivity index is 1.54. The number of carbonyl (C=O) groups excluding carboxylic acids is 1. The number of hydrogen-bond acceptors (Lipinski definition) is 2. The van der Waals surface area contributed by atoms with Gasteiger partial charge in [-0.15, -0.1) is 0 Å². The molecule has 2 N–H and O–H groups in total. The van der Waals surface area contributed by atoms with Crippen molar-refractivity contribution >= 4 is 5.91 Å². The van der Waals surface area contributed by atoms with Gasteiger partial charge >= 0.3 is 0 Å². The highest BCUT2D eigenvalue weighted by Gasteiger charge is 2.35. The third-order valence-corrected chi connectivity index (χ3v) is 5.06. The topological polar surface area (TPSA) is 46.3 Å². The van der Waals surface area contributed by atoms with Gasteiger partial charge in [-0.3, -0.25) is 4.79 Å². The van der Waals surface area contributed by atoms with Crippen LogP contribution >= 0.6 is 0 Å². The van der Waals surface area contributed by atoms with Crippen molar-refractivity contribution in [3.8, 4) is 0 Å². The molecule has 0 aromatic heterocycles. The van der Waals surface area contributed by atoms with Crippen LogP contribution in [0.4, 0.5) is 0 Å². The molecule has 0 atom stereocenters. The second kappa shape index (κ2) is 5.43. The maximum atomic E-state index is 12.6. The van der Waals surface area contributed by atoms with Crippen molar-refractivity contribution in [2.75, 3.05) is 13.1 Å². The Hall–Kier alpha value is -0.570. The standard InChI is InChI=1S/C16H28N2O/c17-16(8-2-1-3-9-16)10-15(19)18(11-13-4-5-13)12-14-6-7-14/h13-14H,1-12,17H2. The molecule has 108 valence electrons. The lowest BCUT2D eigenvalue weighted by Gasteiger charge is -2.35. The number of nitrogens with two attached hydrogens (primary N) is 1. The van der Waals surface area contributed by atoms with E-state index in [0.717, 1.165) is 37.8 Å². The Morgan fingerprint density at radius 1 is 1.00 bits per heavy atom. The minimum Gasteiger partial charge on any atom is -0.342 e. The van der Waals surface area contributed by atoms with E-state index >= 15 is 0 Å². The van der Waals surface area contributed by atoms with E-state index in [1.807, 2.05) is 0 Å². The molecule has 3 fully saturated rings. The Labute approximate surface area is 116 Å². The van der Waals surface area contributed by atoms with E-state index in [9.17, 15) is 4.79 Å². The van der Waals surface area contributed by atoms with Crippen LogP contribution in [-0.4, -0.2) is 29.4 Å². The largest absolute Gasteiger partial charge is 0.342 e. The number of hydrogen-bond donors (Lipinski definition) is 1. The summed E-state index contributed by atoms with van der Waals surface area (Å²) in [6.45, 7) is 2.01. The van der Waals surface area contributed by atoms with Gasteiger partial charge in [0.25, 0.3) is 0 Å². The molecule has 3 heteroatoms. The molecule has 0 aromatic rings. The lowest BCUT2D eigenvalue weighted by Crippen LogP contribution is -2.47. The molecular formula is C16H28N2O. The minimum atomic E-state index is -0.194. The Kier molecular flexibility index (Phi) is 3.84. The van der Waals surface area contributed by atoms with Crippen molar-refractivity contribution in [2.24, 2.45) is 17.6 Å². The van der Waals surface area contributed by atoms with Crippen molar-refractivity contribution in [2.45, 2.75) is 69.7 Å². The quantitative estimate of drug-likeness (QED) is 0.801. The molecule has 3 aliphatic carbocycles. The fraction of sp³-hybridized carbons (Fsp3) is 0.938. The molecule has 0 aromatic carbocycles. The highest BCUT2D eigenvalue weighted by Crippen LogP contribution is 2.35. The average Bonchev–Trinajstić information content (AvgIpc) is 3.23. The zero-order valence-corrected chi connectivity index (χ0v) is 12.1. The van der Waals surface area contributed by atoms with Crippen LogP contribution in [-0.2, 0) is 4.79 Å². The van der Waals surface area contributed by atoms with E-state index < -0.39 is 0 Å². The maximum absolute atomic E-state index is 12.6. The third-order valence-electron chi connectivity index (χ3n) is 5.06. The molecule has 3 nitrogen and oxygen atoms in total. The van der Waals surface area contributed by atoms with Crippen LogP contribution in [0.1, 0.15) is 64.2 Å². The van der Waals surface area contributed by atoms with Gasteiger partial charge in [0.1, 0.15) is 0 Å². The number of amides is 1. The van der Waals surface area contributed by atoms with Gasteiger partial charge in [-0.2, -0.15) is 0 Å². The van der Waals surface area contributed by atoms with Crippen LogP contribution in [0.5, 0.6) is 0 Å². The van der Waals surface area contributed by atoms with Crippen LogP contribution < -0.4 is 5.73 Å². The summed E-state index contributed by atoms with van der Waals surface area (Å²) in [5, 5.41) is 0. The molecule has 0 unspecified atom stereocenters. The van der Waals surface area contributed by atoms with Crippen molar-refractivity contribution in [3.63, 3.8) is 0 Å². The fourth-order valence-electron chi connectivity index (χ4n) is 3.35. The molecule has 3 aliphatic rings.